The van der Waals surface area contributed by atoms with Crippen LogP contribution in [0.5, 0.6) is 0 Å². The molecular formula is C9H11Br2F3. The Morgan fingerprint density at radius 3 is 1.86 bits per heavy atom. The van der Waals surface area contributed by atoms with Gasteiger partial charge >= 0.3 is 6.18 Å². The van der Waals surface area contributed by atoms with E-state index < -0.39 is 11.7 Å². The molecule has 0 unspecified atom stereocenters. The summed E-state index contributed by atoms with van der Waals surface area (Å²) < 4.78 is 38.0. The van der Waals surface area contributed by atoms with Crippen molar-refractivity contribution in [2.24, 2.45) is 5.92 Å². The number of hydrogen-bond acceptors (Lipinski definition) is 0. The van der Waals surface area contributed by atoms with Gasteiger partial charge in [-0.1, -0.05) is 19.3 Å². The zero-order valence-corrected chi connectivity index (χ0v) is 10.7. The molecule has 0 aromatic heterocycles. The van der Waals surface area contributed by atoms with Crippen LogP contribution in [-0.2, 0) is 0 Å². The van der Waals surface area contributed by atoms with Gasteiger partial charge in [0.2, 0.25) is 0 Å². The summed E-state index contributed by atoms with van der Waals surface area (Å²) >= 11 is 5.78. The molecule has 1 aliphatic rings. The molecule has 0 aliphatic heterocycles. The van der Waals surface area contributed by atoms with E-state index in [2.05, 4.69) is 31.9 Å². The van der Waals surface area contributed by atoms with Crippen molar-refractivity contribution in [1.29, 1.82) is 0 Å². The first kappa shape index (κ1) is 12.6. The fourth-order valence-corrected chi connectivity index (χ4v) is 2.98. The molecule has 0 aromatic carbocycles. The minimum Gasteiger partial charge on any atom is -0.166 e. The molecule has 0 atom stereocenters. The third-order valence-corrected chi connectivity index (χ3v) is 3.38. The summed E-state index contributed by atoms with van der Waals surface area (Å²) in [6.07, 6.45) is -0.0635. The minimum atomic E-state index is -4.22. The lowest BCUT2D eigenvalue weighted by atomic mass is 9.84. The maximum absolute atomic E-state index is 12.6. The van der Waals surface area contributed by atoms with Crippen LogP contribution in [0.1, 0.15) is 32.1 Å². The van der Waals surface area contributed by atoms with E-state index >= 15 is 0 Å². The highest BCUT2D eigenvalue weighted by atomic mass is 79.9. The second-order valence-electron chi connectivity index (χ2n) is 3.51. The highest BCUT2D eigenvalue weighted by molar-refractivity contribution is 9.28. The maximum Gasteiger partial charge on any atom is 0.414 e. The van der Waals surface area contributed by atoms with Crippen molar-refractivity contribution in [2.75, 3.05) is 0 Å². The van der Waals surface area contributed by atoms with E-state index in [0.717, 1.165) is 19.3 Å². The third-order valence-electron chi connectivity index (χ3n) is 2.52. The number of halogens is 5. The number of alkyl halides is 3. The molecule has 0 N–H and O–H groups in total. The fourth-order valence-electron chi connectivity index (χ4n) is 1.88. The molecule has 0 amide bonds. The van der Waals surface area contributed by atoms with Crippen molar-refractivity contribution >= 4 is 31.9 Å². The van der Waals surface area contributed by atoms with Crippen LogP contribution in [0.3, 0.4) is 0 Å². The van der Waals surface area contributed by atoms with Gasteiger partial charge < -0.3 is 0 Å². The molecule has 1 aliphatic carbocycles. The molecule has 5 heteroatoms. The van der Waals surface area contributed by atoms with Crippen molar-refractivity contribution in [2.45, 2.75) is 38.3 Å². The summed E-state index contributed by atoms with van der Waals surface area (Å²) in [6.45, 7) is 0. The van der Waals surface area contributed by atoms with E-state index in [1.165, 1.54) is 0 Å². The Labute approximate surface area is 98.2 Å². The van der Waals surface area contributed by atoms with Crippen LogP contribution < -0.4 is 0 Å². The Hall–Kier alpha value is 0.490. The van der Waals surface area contributed by atoms with Crippen LogP contribution in [0.4, 0.5) is 13.2 Å². The predicted octanol–water partition coefficient (Wildman–Crippen LogP) is 5.13. The SMILES string of the molecule is FC(F)(F)C(=C(Br)Br)C1CCCCC1. The second-order valence-corrected chi connectivity index (χ2v) is 6.16. The molecule has 1 fully saturated rings. The summed E-state index contributed by atoms with van der Waals surface area (Å²) in [6, 6.07) is 0. The van der Waals surface area contributed by atoms with Gasteiger partial charge in [0, 0.05) is 0 Å². The van der Waals surface area contributed by atoms with E-state index in [-0.39, 0.29) is 9.31 Å². The molecule has 0 spiro atoms. The monoisotopic (exact) mass is 334 g/mol. The highest BCUT2D eigenvalue weighted by Crippen LogP contribution is 2.43. The maximum atomic E-state index is 12.6. The Kier molecular flexibility index (Phi) is 4.50. The summed E-state index contributed by atoms with van der Waals surface area (Å²) in [5.41, 5.74) is -0.433. The molecule has 82 valence electrons. The second kappa shape index (κ2) is 5.01. The lowest BCUT2D eigenvalue weighted by Crippen LogP contribution is -2.22. The molecule has 0 heterocycles. The van der Waals surface area contributed by atoms with Gasteiger partial charge in [0.05, 0.1) is 8.96 Å². The van der Waals surface area contributed by atoms with Gasteiger partial charge in [-0.3, -0.25) is 0 Å². The Balaban J connectivity index is 2.83. The Morgan fingerprint density at radius 1 is 1.00 bits per heavy atom. The van der Waals surface area contributed by atoms with Crippen molar-refractivity contribution in [3.63, 3.8) is 0 Å². The summed E-state index contributed by atoms with van der Waals surface area (Å²) in [5, 5.41) is 0. The third kappa shape index (κ3) is 3.26. The smallest absolute Gasteiger partial charge is 0.166 e. The molecule has 0 saturated heterocycles. The number of hydrogen-bond donors (Lipinski definition) is 0. The van der Waals surface area contributed by atoms with Crippen LogP contribution in [0, 0.1) is 5.92 Å². The number of allylic oxidation sites excluding steroid dienone is 1. The van der Waals surface area contributed by atoms with Crippen LogP contribution in [-0.4, -0.2) is 6.18 Å². The van der Waals surface area contributed by atoms with Crippen molar-refractivity contribution < 1.29 is 13.2 Å². The van der Waals surface area contributed by atoms with Crippen molar-refractivity contribution in [3.05, 3.63) is 8.96 Å². The van der Waals surface area contributed by atoms with Crippen LogP contribution in [0.15, 0.2) is 8.96 Å². The Bertz CT molecular complexity index is 223. The molecule has 0 aromatic rings. The first-order valence-corrected chi connectivity index (χ1v) is 6.14. The minimum absolute atomic E-state index is 0.0596. The summed E-state index contributed by atoms with van der Waals surface area (Å²) in [5.74, 6) is -0.336. The van der Waals surface area contributed by atoms with Crippen LogP contribution >= 0.6 is 31.9 Å². The average Bonchev–Trinajstić information content (AvgIpc) is 2.02. The molecule has 0 bridgehead atoms. The molecular weight excluding hydrogens is 325 g/mol. The quantitative estimate of drug-likeness (QED) is 0.623. The van der Waals surface area contributed by atoms with Crippen molar-refractivity contribution in [1.82, 2.24) is 0 Å². The standard InChI is InChI=1S/C9H11Br2F3/c10-8(11)7(9(12,13)14)6-4-2-1-3-5-6/h6H,1-5H2. The summed E-state index contributed by atoms with van der Waals surface area (Å²) in [7, 11) is 0. The van der Waals surface area contributed by atoms with Crippen molar-refractivity contribution in [3.8, 4) is 0 Å². The lowest BCUT2D eigenvalue weighted by Gasteiger charge is -2.26. The highest BCUT2D eigenvalue weighted by Gasteiger charge is 2.40. The van der Waals surface area contributed by atoms with Gasteiger partial charge in [-0.15, -0.1) is 0 Å². The molecule has 0 radical (unpaired) electrons. The molecule has 1 saturated carbocycles. The van der Waals surface area contributed by atoms with Gasteiger partial charge in [-0.2, -0.15) is 13.2 Å². The van der Waals surface area contributed by atoms with E-state index in [1.54, 1.807) is 0 Å². The molecule has 14 heavy (non-hydrogen) atoms. The van der Waals surface area contributed by atoms with Gasteiger partial charge in [0.15, 0.2) is 0 Å². The summed E-state index contributed by atoms with van der Waals surface area (Å²) in [4.78, 5) is 0. The molecule has 0 nitrogen and oxygen atoms in total. The van der Waals surface area contributed by atoms with E-state index in [0.29, 0.717) is 12.8 Å². The lowest BCUT2D eigenvalue weighted by molar-refractivity contribution is -0.100. The first-order chi connectivity index (χ1) is 6.43. The zero-order valence-electron chi connectivity index (χ0n) is 7.50. The Morgan fingerprint density at radius 2 is 1.50 bits per heavy atom. The average molecular weight is 336 g/mol. The van der Waals surface area contributed by atoms with Gasteiger partial charge in [-0.25, -0.2) is 0 Å². The van der Waals surface area contributed by atoms with Crippen LogP contribution in [0.2, 0.25) is 0 Å². The fraction of sp³-hybridized carbons (Fsp3) is 0.778. The van der Waals surface area contributed by atoms with E-state index in [9.17, 15) is 13.2 Å². The largest absolute Gasteiger partial charge is 0.414 e. The van der Waals surface area contributed by atoms with Gasteiger partial charge in [0.1, 0.15) is 0 Å². The normalized spacial score (nSPS) is 19.5. The van der Waals surface area contributed by atoms with Crippen LogP contribution in [0.25, 0.3) is 0 Å². The number of rotatable bonds is 1. The van der Waals surface area contributed by atoms with E-state index in [1.807, 2.05) is 0 Å². The molecule has 1 rings (SSSR count). The zero-order chi connectivity index (χ0) is 10.8. The van der Waals surface area contributed by atoms with Gasteiger partial charge in [-0.05, 0) is 50.6 Å². The first-order valence-electron chi connectivity index (χ1n) is 4.55. The predicted molar refractivity (Wildman–Crippen MR) is 57.5 cm³/mol. The van der Waals surface area contributed by atoms with E-state index in [4.69, 9.17) is 0 Å². The van der Waals surface area contributed by atoms with Gasteiger partial charge in [0.25, 0.3) is 0 Å². The topological polar surface area (TPSA) is 0 Å².